The van der Waals surface area contributed by atoms with Crippen molar-refractivity contribution in [2.45, 2.75) is 0 Å². The standard InChI is InChI=1S/C10H8N2O4S/c13-10-8(6-17(14,15)16)9(11-12-10)7-4-2-1-3-5-7/h1-5H,6H2,(H,14,15,16). The molecular formula is C10H8N2O4S. The van der Waals surface area contributed by atoms with Crippen LogP contribution in [-0.4, -0.2) is 24.6 Å². The molecule has 0 aliphatic carbocycles. The number of amides is 1. The normalized spacial score (nSPS) is 15.7. The van der Waals surface area contributed by atoms with Gasteiger partial charge in [0.1, 0.15) is 11.4 Å². The molecule has 17 heavy (non-hydrogen) atoms. The molecule has 0 radical (unpaired) electrons. The van der Waals surface area contributed by atoms with Crippen molar-refractivity contribution in [3.63, 3.8) is 0 Å². The third-order valence-corrected chi connectivity index (χ3v) is 2.81. The SMILES string of the molecule is O=C1N=NC(c2ccccc2)=C1CS(=O)(=O)O. The lowest BCUT2D eigenvalue weighted by Crippen LogP contribution is -2.11. The van der Waals surface area contributed by atoms with E-state index in [9.17, 15) is 13.2 Å². The second-order valence-corrected chi connectivity index (χ2v) is 4.88. The molecule has 1 aromatic rings. The number of benzene rings is 1. The van der Waals surface area contributed by atoms with Crippen LogP contribution in [0.15, 0.2) is 46.1 Å². The van der Waals surface area contributed by atoms with Gasteiger partial charge in [-0.25, -0.2) is 0 Å². The van der Waals surface area contributed by atoms with E-state index in [-0.39, 0.29) is 11.3 Å². The molecule has 1 heterocycles. The zero-order valence-corrected chi connectivity index (χ0v) is 9.38. The van der Waals surface area contributed by atoms with Gasteiger partial charge in [-0.2, -0.15) is 8.42 Å². The predicted molar refractivity (Wildman–Crippen MR) is 59.6 cm³/mol. The Kier molecular flexibility index (Phi) is 2.86. The first kappa shape index (κ1) is 11.6. The summed E-state index contributed by atoms with van der Waals surface area (Å²) in [6, 6.07) is 8.59. The van der Waals surface area contributed by atoms with Crippen LogP contribution in [0.25, 0.3) is 5.70 Å². The summed E-state index contributed by atoms with van der Waals surface area (Å²) in [5.41, 5.74) is 0.660. The van der Waals surface area contributed by atoms with Crippen LogP contribution < -0.4 is 0 Å². The van der Waals surface area contributed by atoms with Crippen LogP contribution in [0.4, 0.5) is 0 Å². The van der Waals surface area contributed by atoms with Gasteiger partial charge in [-0.1, -0.05) is 30.3 Å². The van der Waals surface area contributed by atoms with Crippen LogP contribution in [0.5, 0.6) is 0 Å². The molecule has 0 unspecified atom stereocenters. The highest BCUT2D eigenvalue weighted by atomic mass is 32.2. The van der Waals surface area contributed by atoms with Gasteiger partial charge in [0, 0.05) is 5.56 Å². The summed E-state index contributed by atoms with van der Waals surface area (Å²) in [7, 11) is -4.28. The van der Waals surface area contributed by atoms with Gasteiger partial charge in [0.25, 0.3) is 16.0 Å². The smallest absolute Gasteiger partial charge is 0.285 e. The first-order valence-electron chi connectivity index (χ1n) is 4.67. The van der Waals surface area contributed by atoms with Crippen LogP contribution in [0.3, 0.4) is 0 Å². The summed E-state index contributed by atoms with van der Waals surface area (Å²) >= 11 is 0. The minimum atomic E-state index is -4.28. The molecule has 0 atom stereocenters. The quantitative estimate of drug-likeness (QED) is 0.819. The van der Waals surface area contributed by atoms with Crippen molar-refractivity contribution in [1.29, 1.82) is 0 Å². The van der Waals surface area contributed by atoms with E-state index in [1.807, 2.05) is 0 Å². The van der Waals surface area contributed by atoms with Crippen molar-refractivity contribution >= 4 is 21.7 Å². The van der Waals surface area contributed by atoms with Crippen molar-refractivity contribution in [3.05, 3.63) is 41.5 Å². The van der Waals surface area contributed by atoms with E-state index in [4.69, 9.17) is 4.55 Å². The van der Waals surface area contributed by atoms with Gasteiger partial charge in [-0.05, 0) is 0 Å². The summed E-state index contributed by atoms with van der Waals surface area (Å²) in [5, 5.41) is 6.93. The van der Waals surface area contributed by atoms with Crippen LogP contribution in [0.1, 0.15) is 5.56 Å². The lowest BCUT2D eigenvalue weighted by atomic mass is 10.1. The number of rotatable bonds is 3. The van der Waals surface area contributed by atoms with Gasteiger partial charge in [0.15, 0.2) is 0 Å². The first-order chi connectivity index (χ1) is 7.97. The monoisotopic (exact) mass is 252 g/mol. The second-order valence-electron chi connectivity index (χ2n) is 3.42. The predicted octanol–water partition coefficient (Wildman–Crippen LogP) is 1.28. The average Bonchev–Trinajstić information content (AvgIpc) is 2.60. The summed E-state index contributed by atoms with van der Waals surface area (Å²) < 4.78 is 30.4. The molecule has 0 saturated heterocycles. The summed E-state index contributed by atoms with van der Waals surface area (Å²) in [6.07, 6.45) is 0. The minimum Gasteiger partial charge on any atom is -0.285 e. The molecule has 6 nitrogen and oxygen atoms in total. The molecule has 1 aromatic carbocycles. The van der Waals surface area contributed by atoms with Gasteiger partial charge in [0.05, 0.1) is 5.57 Å². The minimum absolute atomic E-state index is 0.112. The van der Waals surface area contributed by atoms with Crippen LogP contribution in [-0.2, 0) is 14.9 Å². The number of hydrogen-bond acceptors (Lipinski definition) is 4. The number of azo groups is 1. The Morgan fingerprint density at radius 3 is 2.35 bits per heavy atom. The van der Waals surface area contributed by atoms with E-state index in [0.717, 1.165) is 0 Å². The largest absolute Gasteiger partial charge is 0.294 e. The Morgan fingerprint density at radius 2 is 1.76 bits per heavy atom. The molecule has 1 amide bonds. The Hall–Kier alpha value is -1.86. The van der Waals surface area contributed by atoms with E-state index in [1.165, 1.54) is 0 Å². The molecule has 1 aliphatic rings. The highest BCUT2D eigenvalue weighted by molar-refractivity contribution is 7.86. The molecule has 0 fully saturated rings. The van der Waals surface area contributed by atoms with Crippen LogP contribution in [0.2, 0.25) is 0 Å². The summed E-state index contributed by atoms with van der Waals surface area (Å²) in [6.45, 7) is 0. The molecular weight excluding hydrogens is 244 g/mol. The van der Waals surface area contributed by atoms with Crippen molar-refractivity contribution in [1.82, 2.24) is 0 Å². The van der Waals surface area contributed by atoms with Crippen LogP contribution >= 0.6 is 0 Å². The first-order valence-corrected chi connectivity index (χ1v) is 6.28. The highest BCUT2D eigenvalue weighted by Crippen LogP contribution is 2.27. The maximum absolute atomic E-state index is 11.3. The molecule has 88 valence electrons. The fourth-order valence-electron chi connectivity index (χ4n) is 1.46. The highest BCUT2D eigenvalue weighted by Gasteiger charge is 2.26. The molecule has 2 rings (SSSR count). The van der Waals surface area contributed by atoms with Crippen molar-refractivity contribution in [2.24, 2.45) is 10.2 Å². The Labute approximate surface area is 97.4 Å². The molecule has 1 N–H and O–H groups in total. The molecule has 1 aliphatic heterocycles. The Morgan fingerprint density at radius 1 is 1.12 bits per heavy atom. The Bertz CT molecular complexity index is 617. The number of carbonyl (C=O) groups excluding carboxylic acids is 1. The summed E-state index contributed by atoms with van der Waals surface area (Å²) in [5.74, 6) is -1.51. The van der Waals surface area contributed by atoms with E-state index in [1.54, 1.807) is 30.3 Å². The van der Waals surface area contributed by atoms with Gasteiger partial charge in [0.2, 0.25) is 0 Å². The second kappa shape index (κ2) is 4.19. The van der Waals surface area contributed by atoms with Gasteiger partial charge >= 0.3 is 0 Å². The van der Waals surface area contributed by atoms with Gasteiger partial charge in [-0.3, -0.25) is 9.35 Å². The Balaban J connectivity index is 2.48. The zero-order chi connectivity index (χ0) is 12.5. The number of nitrogens with zero attached hydrogens (tertiary/aromatic N) is 2. The lowest BCUT2D eigenvalue weighted by Gasteiger charge is -2.01. The van der Waals surface area contributed by atoms with Crippen molar-refractivity contribution in [2.75, 3.05) is 5.75 Å². The molecule has 0 bridgehead atoms. The van der Waals surface area contributed by atoms with Gasteiger partial charge in [-0.15, -0.1) is 10.2 Å². The van der Waals surface area contributed by atoms with E-state index in [2.05, 4.69) is 10.2 Å². The third-order valence-electron chi connectivity index (χ3n) is 2.16. The maximum Gasteiger partial charge on any atom is 0.294 e. The molecule has 0 saturated carbocycles. The fraction of sp³-hybridized carbons (Fsp3) is 0.100. The maximum atomic E-state index is 11.3. The van der Waals surface area contributed by atoms with Crippen LogP contribution in [0, 0.1) is 0 Å². The van der Waals surface area contributed by atoms with E-state index in [0.29, 0.717) is 5.56 Å². The average molecular weight is 252 g/mol. The third kappa shape index (κ3) is 2.63. The molecule has 0 spiro atoms. The molecule has 7 heteroatoms. The van der Waals surface area contributed by atoms with Crippen molar-refractivity contribution < 1.29 is 17.8 Å². The zero-order valence-electron chi connectivity index (χ0n) is 8.57. The fourth-order valence-corrected chi connectivity index (χ4v) is 2.08. The van der Waals surface area contributed by atoms with Gasteiger partial charge < -0.3 is 0 Å². The lowest BCUT2D eigenvalue weighted by molar-refractivity contribution is -0.114. The van der Waals surface area contributed by atoms with Crippen molar-refractivity contribution in [3.8, 4) is 0 Å². The molecule has 0 aromatic heterocycles. The number of carbonyl (C=O) groups is 1. The van der Waals surface area contributed by atoms with E-state index >= 15 is 0 Å². The summed E-state index contributed by atoms with van der Waals surface area (Å²) in [4.78, 5) is 11.3. The topological polar surface area (TPSA) is 96.2 Å². The van der Waals surface area contributed by atoms with E-state index < -0.39 is 21.8 Å². The number of hydrogen-bond donors (Lipinski definition) is 1.